The van der Waals surface area contributed by atoms with Gasteiger partial charge in [-0.1, -0.05) is 214 Å². The summed E-state index contributed by atoms with van der Waals surface area (Å²) in [6.45, 7) is 4.75. The van der Waals surface area contributed by atoms with Crippen LogP contribution in [0.15, 0.2) is 224 Å². The number of hydrogen-bond donors (Lipinski definition) is 0. The second kappa shape index (κ2) is 14.6. The van der Waals surface area contributed by atoms with Crippen molar-refractivity contribution < 1.29 is 0 Å². The first-order valence-electron chi connectivity index (χ1n) is 22.8. The third-order valence-corrected chi connectivity index (χ3v) is 14.4. The van der Waals surface area contributed by atoms with Crippen molar-refractivity contribution in [3.63, 3.8) is 0 Å². The smallest absolute Gasteiger partial charge is 0.164 e. The topological polar surface area (TPSA) is 38.7 Å². The molecule has 3 heteroatoms. The summed E-state index contributed by atoms with van der Waals surface area (Å²) in [5.74, 6) is 1.92. The van der Waals surface area contributed by atoms with Crippen LogP contribution in [0, 0.1) is 0 Å². The third-order valence-electron chi connectivity index (χ3n) is 14.4. The van der Waals surface area contributed by atoms with Crippen LogP contribution >= 0.6 is 0 Å². The Bertz CT molecular complexity index is 3670. The minimum Gasteiger partial charge on any atom is -0.208 e. The van der Waals surface area contributed by atoms with Crippen LogP contribution in [0.1, 0.15) is 47.2 Å². The molecule has 13 rings (SSSR count). The maximum atomic E-state index is 5.41. The van der Waals surface area contributed by atoms with E-state index in [9.17, 15) is 0 Å². The summed E-state index contributed by atoms with van der Waals surface area (Å²) < 4.78 is 0. The molecule has 2 aliphatic carbocycles. The van der Waals surface area contributed by atoms with Crippen LogP contribution < -0.4 is 0 Å². The number of rotatable bonds is 5. The predicted octanol–water partition coefficient (Wildman–Crippen LogP) is 15.5. The summed E-state index contributed by atoms with van der Waals surface area (Å²) in [5, 5.41) is 4.96. The minimum absolute atomic E-state index is 0.210. The zero-order valence-electron chi connectivity index (χ0n) is 36.7. The highest BCUT2D eigenvalue weighted by Crippen LogP contribution is 2.63. The molecule has 66 heavy (non-hydrogen) atoms. The normalized spacial score (nSPS) is 13.8. The van der Waals surface area contributed by atoms with E-state index in [1.807, 2.05) is 24.3 Å². The summed E-state index contributed by atoms with van der Waals surface area (Å²) in [5.41, 5.74) is 16.9. The fraction of sp³-hybridized carbons (Fsp3) is 0.0635. The van der Waals surface area contributed by atoms with Crippen LogP contribution in [0.3, 0.4) is 0 Å². The molecule has 0 unspecified atom stereocenters. The van der Waals surface area contributed by atoms with Gasteiger partial charge in [-0.3, -0.25) is 0 Å². The first-order chi connectivity index (χ1) is 32.4. The molecular formula is C63H43N3. The number of nitrogens with zero attached hydrogens (tertiary/aromatic N) is 3. The van der Waals surface area contributed by atoms with Crippen molar-refractivity contribution >= 4 is 21.5 Å². The number of aromatic nitrogens is 3. The number of fused-ring (bicyclic) bond motifs is 11. The lowest BCUT2D eigenvalue weighted by Gasteiger charge is -2.46. The van der Waals surface area contributed by atoms with E-state index in [1.165, 1.54) is 77.2 Å². The van der Waals surface area contributed by atoms with E-state index in [0.29, 0.717) is 17.5 Å². The Morgan fingerprint density at radius 1 is 0.273 bits per heavy atom. The highest BCUT2D eigenvalue weighted by molar-refractivity contribution is 6.01. The van der Waals surface area contributed by atoms with Crippen LogP contribution in [0.4, 0.5) is 0 Å². The zero-order valence-corrected chi connectivity index (χ0v) is 36.7. The lowest BCUT2D eigenvalue weighted by Crippen LogP contribution is -2.40. The van der Waals surface area contributed by atoms with Crippen molar-refractivity contribution in [1.29, 1.82) is 0 Å². The lowest BCUT2D eigenvalue weighted by molar-refractivity contribution is 0.563. The molecule has 1 aromatic heterocycles. The fourth-order valence-electron chi connectivity index (χ4n) is 11.2. The van der Waals surface area contributed by atoms with Crippen LogP contribution in [0.2, 0.25) is 0 Å². The first kappa shape index (κ1) is 38.2. The summed E-state index contributed by atoms with van der Waals surface area (Å²) in [6.07, 6.45) is 0. The van der Waals surface area contributed by atoms with Crippen LogP contribution in [0.25, 0.3) is 89.1 Å². The number of benzene rings is 10. The SMILES string of the molecule is CC1(C)c2ccccc2C2(c3ccc(-c4ccc5cc6ccccc6cc5c4)cc3-c3c(-c4nc(-c5ccccc5)nc(-c5ccc(-c6ccccc6)cc5)n4)cccc32)c2ccccc21. The van der Waals surface area contributed by atoms with Gasteiger partial charge in [0, 0.05) is 22.1 Å². The number of hydrogen-bond acceptors (Lipinski definition) is 3. The Balaban J connectivity index is 1.08. The maximum Gasteiger partial charge on any atom is 0.164 e. The van der Waals surface area contributed by atoms with Gasteiger partial charge in [0.05, 0.1) is 5.41 Å². The first-order valence-corrected chi connectivity index (χ1v) is 22.8. The highest BCUT2D eigenvalue weighted by Gasteiger charge is 2.54. The Kier molecular flexibility index (Phi) is 8.47. The monoisotopic (exact) mass is 841 g/mol. The summed E-state index contributed by atoms with van der Waals surface area (Å²) in [7, 11) is 0. The average Bonchev–Trinajstić information content (AvgIpc) is 3.68. The van der Waals surface area contributed by atoms with E-state index in [4.69, 9.17) is 15.0 Å². The molecule has 0 atom stereocenters. The molecule has 0 saturated heterocycles. The molecule has 0 N–H and O–H groups in total. The van der Waals surface area contributed by atoms with Gasteiger partial charge < -0.3 is 0 Å². The Morgan fingerprint density at radius 2 is 0.727 bits per heavy atom. The van der Waals surface area contributed by atoms with Gasteiger partial charge in [0.2, 0.25) is 0 Å². The van der Waals surface area contributed by atoms with E-state index < -0.39 is 5.41 Å². The fourth-order valence-corrected chi connectivity index (χ4v) is 11.2. The molecule has 0 aliphatic heterocycles. The lowest BCUT2D eigenvalue weighted by atomic mass is 9.55. The quantitative estimate of drug-likeness (QED) is 0.162. The van der Waals surface area contributed by atoms with Crippen molar-refractivity contribution in [2.24, 2.45) is 0 Å². The third kappa shape index (κ3) is 5.73. The Labute approximate surface area is 384 Å². The summed E-state index contributed by atoms with van der Waals surface area (Å²) >= 11 is 0. The molecule has 0 amide bonds. The van der Waals surface area contributed by atoms with Crippen molar-refractivity contribution in [2.45, 2.75) is 24.7 Å². The molecule has 0 fully saturated rings. The van der Waals surface area contributed by atoms with E-state index in [-0.39, 0.29) is 5.41 Å². The van der Waals surface area contributed by atoms with Crippen LogP contribution in [-0.4, -0.2) is 15.0 Å². The van der Waals surface area contributed by atoms with Gasteiger partial charge in [-0.2, -0.15) is 0 Å². The standard InChI is InChI=1S/C63H43N3/c1-62(2)53-23-11-13-25-55(53)63(56-26-14-12-24-54(56)62)52-35-34-48(46-32-33-47-36-44-20-9-10-21-45(44)37-49(47)38-46)39-51(52)58-50(22-15-27-57(58)63)61-65-59(42-18-7-4-8-19-42)64-60(66-61)43-30-28-41(29-31-43)40-16-5-3-6-17-40/h3-39H,1-2H3. The predicted molar refractivity (Wildman–Crippen MR) is 271 cm³/mol. The zero-order chi connectivity index (χ0) is 44.0. The van der Waals surface area contributed by atoms with Gasteiger partial charge in [0.15, 0.2) is 17.5 Å². The van der Waals surface area contributed by atoms with Crippen molar-refractivity contribution in [3.8, 4) is 67.5 Å². The molecule has 0 radical (unpaired) electrons. The van der Waals surface area contributed by atoms with E-state index in [0.717, 1.165) is 27.8 Å². The molecule has 310 valence electrons. The molecule has 2 aliphatic rings. The van der Waals surface area contributed by atoms with Crippen molar-refractivity contribution in [1.82, 2.24) is 15.0 Å². The van der Waals surface area contributed by atoms with E-state index >= 15 is 0 Å². The molecule has 0 bridgehead atoms. The second-order valence-electron chi connectivity index (χ2n) is 18.3. The van der Waals surface area contributed by atoms with E-state index in [1.54, 1.807) is 0 Å². The van der Waals surface area contributed by atoms with Gasteiger partial charge in [0.1, 0.15) is 0 Å². The van der Waals surface area contributed by atoms with Crippen LogP contribution in [0.5, 0.6) is 0 Å². The van der Waals surface area contributed by atoms with Crippen LogP contribution in [-0.2, 0) is 10.8 Å². The Morgan fingerprint density at radius 3 is 1.39 bits per heavy atom. The average molecular weight is 842 g/mol. The molecule has 1 heterocycles. The summed E-state index contributed by atoms with van der Waals surface area (Å²) in [6, 6.07) is 81.7. The van der Waals surface area contributed by atoms with Crippen molar-refractivity contribution in [3.05, 3.63) is 258 Å². The largest absolute Gasteiger partial charge is 0.208 e. The van der Waals surface area contributed by atoms with Crippen molar-refractivity contribution in [2.75, 3.05) is 0 Å². The molecule has 10 aromatic carbocycles. The molecule has 1 spiro atoms. The molecular weight excluding hydrogens is 799 g/mol. The Hall–Kier alpha value is -8.27. The second-order valence-corrected chi connectivity index (χ2v) is 18.3. The minimum atomic E-state index is -0.588. The van der Waals surface area contributed by atoms with E-state index in [2.05, 4.69) is 214 Å². The van der Waals surface area contributed by atoms with Gasteiger partial charge >= 0.3 is 0 Å². The summed E-state index contributed by atoms with van der Waals surface area (Å²) in [4.78, 5) is 16.0. The molecule has 11 aromatic rings. The van der Waals surface area contributed by atoms with Gasteiger partial charge in [-0.15, -0.1) is 0 Å². The molecule has 3 nitrogen and oxygen atoms in total. The van der Waals surface area contributed by atoms with Gasteiger partial charge in [-0.05, 0) is 113 Å². The van der Waals surface area contributed by atoms with Gasteiger partial charge in [-0.25, -0.2) is 15.0 Å². The highest BCUT2D eigenvalue weighted by atomic mass is 15.0. The maximum absolute atomic E-state index is 5.41. The van der Waals surface area contributed by atoms with Gasteiger partial charge in [0.25, 0.3) is 0 Å². The molecule has 0 saturated carbocycles.